The topological polar surface area (TPSA) is 41.3 Å². The van der Waals surface area contributed by atoms with E-state index in [4.69, 9.17) is 5.73 Å². The molecule has 3 N–H and O–H groups in total. The maximum Gasteiger partial charge on any atom is 0.151 e. The van der Waals surface area contributed by atoms with E-state index in [-0.39, 0.29) is 17.4 Å². The Labute approximate surface area is 106 Å². The van der Waals surface area contributed by atoms with Crippen LogP contribution >= 0.6 is 0 Å². The Balaban J connectivity index is 1.99. The molecule has 1 fully saturated rings. The van der Waals surface area contributed by atoms with Gasteiger partial charge in [-0.05, 0) is 45.0 Å². The molecule has 5 heteroatoms. The molecule has 0 bridgehead atoms. The summed E-state index contributed by atoms with van der Waals surface area (Å²) in [5.41, 5.74) is 5.39. The molecule has 2 rings (SSSR count). The van der Waals surface area contributed by atoms with Crippen LogP contribution in [0.5, 0.6) is 0 Å². The maximum atomic E-state index is 13.6. The van der Waals surface area contributed by atoms with E-state index in [2.05, 4.69) is 10.2 Å². The van der Waals surface area contributed by atoms with Crippen molar-refractivity contribution >= 4 is 11.4 Å². The molecule has 3 nitrogen and oxygen atoms in total. The van der Waals surface area contributed by atoms with E-state index in [9.17, 15) is 8.78 Å². The van der Waals surface area contributed by atoms with Crippen LogP contribution in [-0.2, 0) is 0 Å². The SMILES string of the molecule is CC(CN1CCCC1)Nc1c(F)cc(N)cc1F. The fourth-order valence-corrected chi connectivity index (χ4v) is 2.38. The zero-order valence-electron chi connectivity index (χ0n) is 10.5. The molecule has 1 aliphatic rings. The van der Waals surface area contributed by atoms with Gasteiger partial charge in [0.05, 0.1) is 0 Å². The first-order chi connectivity index (χ1) is 8.56. The first-order valence-electron chi connectivity index (χ1n) is 6.29. The zero-order chi connectivity index (χ0) is 13.1. The standard InChI is InChI=1S/C13H19F2N3/c1-9(8-18-4-2-3-5-18)17-13-11(14)6-10(16)7-12(13)15/h6-7,9,17H,2-5,8,16H2,1H3. The average Bonchev–Trinajstić information content (AvgIpc) is 2.76. The van der Waals surface area contributed by atoms with Crippen molar-refractivity contribution < 1.29 is 8.78 Å². The molecule has 18 heavy (non-hydrogen) atoms. The molecule has 1 aromatic carbocycles. The third-order valence-corrected chi connectivity index (χ3v) is 3.19. The monoisotopic (exact) mass is 255 g/mol. The van der Waals surface area contributed by atoms with Crippen LogP contribution in [0.2, 0.25) is 0 Å². The first-order valence-corrected chi connectivity index (χ1v) is 6.29. The second-order valence-electron chi connectivity index (χ2n) is 4.91. The summed E-state index contributed by atoms with van der Waals surface area (Å²) in [7, 11) is 0. The molecular weight excluding hydrogens is 236 g/mol. The number of hydrogen-bond acceptors (Lipinski definition) is 3. The van der Waals surface area contributed by atoms with E-state index in [1.165, 1.54) is 12.8 Å². The second kappa shape index (κ2) is 5.52. The number of rotatable bonds is 4. The van der Waals surface area contributed by atoms with Crippen LogP contribution in [0.15, 0.2) is 12.1 Å². The van der Waals surface area contributed by atoms with Crippen LogP contribution in [0.25, 0.3) is 0 Å². The maximum absolute atomic E-state index is 13.6. The summed E-state index contributed by atoms with van der Waals surface area (Å²) < 4.78 is 27.2. The van der Waals surface area contributed by atoms with Crippen molar-refractivity contribution in [3.05, 3.63) is 23.8 Å². The highest BCUT2D eigenvalue weighted by Gasteiger charge is 2.17. The van der Waals surface area contributed by atoms with Crippen LogP contribution in [0.3, 0.4) is 0 Å². The number of anilines is 2. The molecule has 0 radical (unpaired) electrons. The Morgan fingerprint density at radius 2 is 1.83 bits per heavy atom. The Bertz CT molecular complexity index is 394. The Morgan fingerprint density at radius 3 is 2.39 bits per heavy atom. The number of nitrogens with one attached hydrogen (secondary N) is 1. The highest BCUT2D eigenvalue weighted by atomic mass is 19.1. The summed E-state index contributed by atoms with van der Waals surface area (Å²) >= 11 is 0. The largest absolute Gasteiger partial charge is 0.399 e. The molecule has 1 saturated heterocycles. The minimum Gasteiger partial charge on any atom is -0.399 e. The molecule has 0 aromatic heterocycles. The molecule has 1 aromatic rings. The second-order valence-corrected chi connectivity index (χ2v) is 4.91. The quantitative estimate of drug-likeness (QED) is 0.812. The summed E-state index contributed by atoms with van der Waals surface area (Å²) in [5, 5.41) is 2.89. The van der Waals surface area contributed by atoms with Gasteiger partial charge >= 0.3 is 0 Å². The van der Waals surface area contributed by atoms with Gasteiger partial charge in [0.2, 0.25) is 0 Å². The lowest BCUT2D eigenvalue weighted by atomic mass is 10.2. The highest BCUT2D eigenvalue weighted by molar-refractivity contribution is 5.54. The Hall–Kier alpha value is -1.36. The van der Waals surface area contributed by atoms with E-state index in [1.807, 2.05) is 6.92 Å². The lowest BCUT2D eigenvalue weighted by Gasteiger charge is -2.22. The zero-order valence-corrected chi connectivity index (χ0v) is 10.5. The van der Waals surface area contributed by atoms with Gasteiger partial charge in [-0.1, -0.05) is 0 Å². The van der Waals surface area contributed by atoms with Gasteiger partial charge in [0.15, 0.2) is 11.6 Å². The van der Waals surface area contributed by atoms with Gasteiger partial charge in [0, 0.05) is 18.3 Å². The average molecular weight is 255 g/mol. The van der Waals surface area contributed by atoms with Crippen LogP contribution in [0.1, 0.15) is 19.8 Å². The molecule has 1 unspecified atom stereocenters. The van der Waals surface area contributed by atoms with Gasteiger partial charge in [0.25, 0.3) is 0 Å². The van der Waals surface area contributed by atoms with Gasteiger partial charge < -0.3 is 16.0 Å². The Kier molecular flexibility index (Phi) is 4.01. The number of nitrogens with two attached hydrogens (primary N) is 1. The summed E-state index contributed by atoms with van der Waals surface area (Å²) in [4.78, 5) is 2.30. The predicted octanol–water partition coefficient (Wildman–Crippen LogP) is 2.44. The predicted molar refractivity (Wildman–Crippen MR) is 69.5 cm³/mol. The van der Waals surface area contributed by atoms with E-state index in [0.717, 1.165) is 31.8 Å². The summed E-state index contributed by atoms with van der Waals surface area (Å²) in [6, 6.07) is 2.26. The number of likely N-dealkylation sites (tertiary alicyclic amines) is 1. The van der Waals surface area contributed by atoms with Gasteiger partial charge in [-0.2, -0.15) is 0 Å². The van der Waals surface area contributed by atoms with Crippen molar-refractivity contribution in [1.82, 2.24) is 4.90 Å². The van der Waals surface area contributed by atoms with E-state index >= 15 is 0 Å². The van der Waals surface area contributed by atoms with Crippen molar-refractivity contribution in [1.29, 1.82) is 0 Å². The molecule has 1 heterocycles. The van der Waals surface area contributed by atoms with Crippen molar-refractivity contribution in [2.75, 3.05) is 30.7 Å². The van der Waals surface area contributed by atoms with Gasteiger partial charge in [-0.3, -0.25) is 0 Å². The fraction of sp³-hybridized carbons (Fsp3) is 0.538. The van der Waals surface area contributed by atoms with Gasteiger partial charge in [-0.15, -0.1) is 0 Å². The number of nitrogens with zero attached hydrogens (tertiary/aromatic N) is 1. The van der Waals surface area contributed by atoms with Crippen LogP contribution in [0, 0.1) is 11.6 Å². The minimum absolute atomic E-state index is 0.00396. The molecule has 0 saturated carbocycles. The normalized spacial score (nSPS) is 17.9. The lowest BCUT2D eigenvalue weighted by Crippen LogP contribution is -2.33. The van der Waals surface area contributed by atoms with Gasteiger partial charge in [-0.25, -0.2) is 8.78 Å². The molecule has 100 valence electrons. The number of benzene rings is 1. The molecule has 0 aliphatic carbocycles. The third kappa shape index (κ3) is 3.10. The van der Waals surface area contributed by atoms with Crippen LogP contribution in [-0.4, -0.2) is 30.6 Å². The van der Waals surface area contributed by atoms with Crippen LogP contribution < -0.4 is 11.1 Å². The lowest BCUT2D eigenvalue weighted by molar-refractivity contribution is 0.327. The fourth-order valence-electron chi connectivity index (χ4n) is 2.38. The summed E-state index contributed by atoms with van der Waals surface area (Å²) in [5.74, 6) is -1.28. The molecule has 1 atom stereocenters. The summed E-state index contributed by atoms with van der Waals surface area (Å²) in [6.45, 7) is 4.86. The van der Waals surface area contributed by atoms with E-state index < -0.39 is 11.6 Å². The molecular formula is C13H19F2N3. The van der Waals surface area contributed by atoms with Crippen molar-refractivity contribution in [2.24, 2.45) is 0 Å². The molecule has 0 spiro atoms. The summed E-state index contributed by atoms with van der Waals surface area (Å²) in [6.07, 6.45) is 2.41. The Morgan fingerprint density at radius 1 is 1.28 bits per heavy atom. The van der Waals surface area contributed by atoms with Crippen molar-refractivity contribution in [3.63, 3.8) is 0 Å². The molecule has 1 aliphatic heterocycles. The van der Waals surface area contributed by atoms with Crippen molar-refractivity contribution in [2.45, 2.75) is 25.8 Å². The first kappa shape index (κ1) is 13.1. The number of halogens is 2. The molecule has 0 amide bonds. The van der Waals surface area contributed by atoms with E-state index in [0.29, 0.717) is 0 Å². The number of nitrogen functional groups attached to an aromatic ring is 1. The number of hydrogen-bond donors (Lipinski definition) is 2. The third-order valence-electron chi connectivity index (χ3n) is 3.19. The van der Waals surface area contributed by atoms with Gasteiger partial charge in [0.1, 0.15) is 5.69 Å². The smallest absolute Gasteiger partial charge is 0.151 e. The van der Waals surface area contributed by atoms with Crippen molar-refractivity contribution in [3.8, 4) is 0 Å². The van der Waals surface area contributed by atoms with Crippen LogP contribution in [0.4, 0.5) is 20.2 Å². The van der Waals surface area contributed by atoms with E-state index in [1.54, 1.807) is 0 Å². The minimum atomic E-state index is -0.638. The highest BCUT2D eigenvalue weighted by Crippen LogP contribution is 2.23.